The molecule has 1 heterocycles. The van der Waals surface area contributed by atoms with Gasteiger partial charge in [-0.3, -0.25) is 4.99 Å². The second kappa shape index (κ2) is 5.12. The third-order valence-corrected chi connectivity index (χ3v) is 3.11. The summed E-state index contributed by atoms with van der Waals surface area (Å²) in [7, 11) is 3.26. The van der Waals surface area contributed by atoms with E-state index in [1.165, 1.54) is 0 Å². The molecule has 1 aliphatic heterocycles. The summed E-state index contributed by atoms with van der Waals surface area (Å²) in [5.74, 6) is 2.50. The third-order valence-electron chi connectivity index (χ3n) is 2.22. The molecule has 1 aliphatic rings. The van der Waals surface area contributed by atoms with Crippen LogP contribution in [-0.2, 0) is 0 Å². The van der Waals surface area contributed by atoms with Gasteiger partial charge in [0.1, 0.15) is 0 Å². The number of ether oxygens (including phenoxy) is 2. The van der Waals surface area contributed by atoms with Crippen molar-refractivity contribution in [2.45, 2.75) is 0 Å². The molecular formula is C11H14N2O2S. The predicted molar refractivity (Wildman–Crippen MR) is 67.9 cm³/mol. The number of hydrogen-bond donors (Lipinski definition) is 1. The van der Waals surface area contributed by atoms with Crippen LogP contribution in [0.3, 0.4) is 0 Å². The van der Waals surface area contributed by atoms with E-state index in [2.05, 4.69) is 10.3 Å². The van der Waals surface area contributed by atoms with Crippen LogP contribution in [-0.4, -0.2) is 31.7 Å². The lowest BCUT2D eigenvalue weighted by Crippen LogP contribution is -2.05. The zero-order valence-corrected chi connectivity index (χ0v) is 10.1. The molecule has 0 unspecified atom stereocenters. The molecule has 0 saturated heterocycles. The zero-order valence-electron chi connectivity index (χ0n) is 9.32. The highest BCUT2D eigenvalue weighted by molar-refractivity contribution is 8.14. The van der Waals surface area contributed by atoms with E-state index in [0.29, 0.717) is 0 Å². The van der Waals surface area contributed by atoms with Gasteiger partial charge in [-0.2, -0.15) is 0 Å². The Labute approximate surface area is 99.0 Å². The fourth-order valence-electron chi connectivity index (χ4n) is 1.45. The molecule has 1 N–H and O–H groups in total. The minimum absolute atomic E-state index is 0.719. The molecule has 0 aliphatic carbocycles. The first-order valence-corrected chi connectivity index (χ1v) is 5.98. The van der Waals surface area contributed by atoms with Crippen molar-refractivity contribution in [3.05, 3.63) is 18.2 Å². The van der Waals surface area contributed by atoms with Gasteiger partial charge in [0.05, 0.1) is 20.8 Å². The first-order valence-electron chi connectivity index (χ1n) is 5.00. The lowest BCUT2D eigenvalue weighted by molar-refractivity contribution is 0.355. The van der Waals surface area contributed by atoms with Gasteiger partial charge >= 0.3 is 0 Å². The van der Waals surface area contributed by atoms with Gasteiger partial charge in [-0.25, -0.2) is 0 Å². The van der Waals surface area contributed by atoms with Gasteiger partial charge in [0.15, 0.2) is 16.7 Å². The number of hydrogen-bond acceptors (Lipinski definition) is 5. The van der Waals surface area contributed by atoms with E-state index >= 15 is 0 Å². The SMILES string of the molecule is COc1ccc(NC2=NCCS2)cc1OC. The fraction of sp³-hybridized carbons (Fsp3) is 0.364. The maximum atomic E-state index is 5.23. The minimum Gasteiger partial charge on any atom is -0.493 e. The van der Waals surface area contributed by atoms with Crippen molar-refractivity contribution in [1.82, 2.24) is 0 Å². The van der Waals surface area contributed by atoms with Crippen molar-refractivity contribution in [2.24, 2.45) is 4.99 Å². The van der Waals surface area contributed by atoms with Crippen LogP contribution in [0, 0.1) is 0 Å². The molecule has 2 rings (SSSR count). The van der Waals surface area contributed by atoms with E-state index in [0.717, 1.165) is 34.7 Å². The Morgan fingerprint density at radius 3 is 2.69 bits per heavy atom. The summed E-state index contributed by atoms with van der Waals surface area (Å²) in [5.41, 5.74) is 0.964. The van der Waals surface area contributed by atoms with E-state index in [1.807, 2.05) is 18.2 Å². The number of amidine groups is 1. The molecule has 16 heavy (non-hydrogen) atoms. The summed E-state index contributed by atoms with van der Waals surface area (Å²) in [6, 6.07) is 5.73. The Balaban J connectivity index is 2.15. The van der Waals surface area contributed by atoms with Crippen molar-refractivity contribution in [1.29, 1.82) is 0 Å². The minimum atomic E-state index is 0.719. The van der Waals surface area contributed by atoms with E-state index in [1.54, 1.807) is 26.0 Å². The number of thioether (sulfide) groups is 1. The monoisotopic (exact) mass is 238 g/mol. The molecule has 1 aromatic rings. The third kappa shape index (κ3) is 2.41. The van der Waals surface area contributed by atoms with Crippen LogP contribution in [0.25, 0.3) is 0 Å². The fourth-order valence-corrected chi connectivity index (χ4v) is 2.20. The first kappa shape index (κ1) is 11.1. The van der Waals surface area contributed by atoms with Crippen molar-refractivity contribution >= 4 is 22.6 Å². The van der Waals surface area contributed by atoms with Gasteiger partial charge in [0.2, 0.25) is 0 Å². The van der Waals surface area contributed by atoms with E-state index in [4.69, 9.17) is 9.47 Å². The van der Waals surface area contributed by atoms with Crippen LogP contribution in [0.15, 0.2) is 23.2 Å². The molecule has 0 fully saturated rings. The molecule has 0 spiro atoms. The Bertz CT molecular complexity index is 407. The summed E-state index contributed by atoms with van der Waals surface area (Å²) in [6.45, 7) is 0.889. The second-order valence-electron chi connectivity index (χ2n) is 3.23. The number of nitrogens with one attached hydrogen (secondary N) is 1. The number of rotatable bonds is 3. The average molecular weight is 238 g/mol. The van der Waals surface area contributed by atoms with E-state index in [-0.39, 0.29) is 0 Å². The summed E-state index contributed by atoms with van der Waals surface area (Å²) in [4.78, 5) is 4.33. The van der Waals surface area contributed by atoms with Gasteiger partial charge in [0, 0.05) is 17.5 Å². The summed E-state index contributed by atoms with van der Waals surface area (Å²) >= 11 is 1.73. The average Bonchev–Trinajstić information content (AvgIpc) is 2.81. The van der Waals surface area contributed by atoms with Crippen LogP contribution < -0.4 is 14.8 Å². The van der Waals surface area contributed by atoms with Crippen LogP contribution in [0.4, 0.5) is 5.69 Å². The summed E-state index contributed by atoms with van der Waals surface area (Å²) in [6.07, 6.45) is 0. The van der Waals surface area contributed by atoms with Crippen molar-refractivity contribution in [3.63, 3.8) is 0 Å². The molecule has 1 aromatic carbocycles. The number of aliphatic imine (C=N–C) groups is 1. The molecule has 0 atom stereocenters. The highest BCUT2D eigenvalue weighted by Crippen LogP contribution is 2.30. The van der Waals surface area contributed by atoms with Gasteiger partial charge in [0.25, 0.3) is 0 Å². The van der Waals surface area contributed by atoms with Crippen LogP contribution >= 0.6 is 11.8 Å². The Hall–Kier alpha value is -1.36. The number of anilines is 1. The highest BCUT2D eigenvalue weighted by atomic mass is 32.2. The molecule has 0 amide bonds. The van der Waals surface area contributed by atoms with Gasteiger partial charge in [-0.05, 0) is 12.1 Å². The first-order chi connectivity index (χ1) is 7.83. The van der Waals surface area contributed by atoms with Gasteiger partial charge in [-0.15, -0.1) is 0 Å². The zero-order chi connectivity index (χ0) is 11.4. The standard InChI is InChI=1S/C11H14N2O2S/c1-14-9-4-3-8(7-10(9)15-2)13-11-12-5-6-16-11/h3-4,7H,5-6H2,1-2H3,(H,12,13). The molecule has 5 heteroatoms. The Morgan fingerprint density at radius 1 is 1.25 bits per heavy atom. The maximum Gasteiger partial charge on any atom is 0.162 e. The van der Waals surface area contributed by atoms with E-state index < -0.39 is 0 Å². The van der Waals surface area contributed by atoms with Crippen LogP contribution in [0.1, 0.15) is 0 Å². The normalized spacial score (nSPS) is 14.5. The highest BCUT2D eigenvalue weighted by Gasteiger charge is 2.09. The number of benzene rings is 1. The molecule has 4 nitrogen and oxygen atoms in total. The number of methoxy groups -OCH3 is 2. The molecule has 0 radical (unpaired) electrons. The van der Waals surface area contributed by atoms with Crippen LogP contribution in [0.2, 0.25) is 0 Å². The van der Waals surface area contributed by atoms with Crippen molar-refractivity contribution in [3.8, 4) is 11.5 Å². The predicted octanol–water partition coefficient (Wildman–Crippen LogP) is 2.22. The van der Waals surface area contributed by atoms with Crippen LogP contribution in [0.5, 0.6) is 11.5 Å². The second-order valence-corrected chi connectivity index (χ2v) is 4.31. The number of nitrogens with zero attached hydrogens (tertiary/aromatic N) is 1. The smallest absolute Gasteiger partial charge is 0.162 e. The maximum absolute atomic E-state index is 5.23. The lowest BCUT2D eigenvalue weighted by atomic mass is 10.3. The summed E-state index contributed by atoms with van der Waals surface area (Å²) < 4.78 is 10.4. The van der Waals surface area contributed by atoms with Crippen molar-refractivity contribution in [2.75, 3.05) is 31.8 Å². The molecule has 0 bridgehead atoms. The van der Waals surface area contributed by atoms with Gasteiger partial charge in [-0.1, -0.05) is 11.8 Å². The lowest BCUT2D eigenvalue weighted by Gasteiger charge is -2.10. The Kier molecular flexibility index (Phi) is 3.56. The molecule has 0 aromatic heterocycles. The Morgan fingerprint density at radius 2 is 2.06 bits per heavy atom. The molecule has 86 valence electrons. The topological polar surface area (TPSA) is 42.8 Å². The summed E-state index contributed by atoms with van der Waals surface area (Å²) in [5, 5.41) is 4.21. The van der Waals surface area contributed by atoms with Gasteiger partial charge < -0.3 is 14.8 Å². The molecular weight excluding hydrogens is 224 g/mol. The quantitative estimate of drug-likeness (QED) is 0.876. The van der Waals surface area contributed by atoms with Crippen molar-refractivity contribution < 1.29 is 9.47 Å². The molecule has 0 saturated carbocycles. The largest absolute Gasteiger partial charge is 0.493 e. The van der Waals surface area contributed by atoms with E-state index in [9.17, 15) is 0 Å².